The molecule has 1 saturated heterocycles. The Morgan fingerprint density at radius 2 is 2.05 bits per heavy atom. The van der Waals surface area contributed by atoms with Crippen molar-refractivity contribution in [3.05, 3.63) is 65.7 Å². The molecule has 2 amide bonds. The van der Waals surface area contributed by atoms with Gasteiger partial charge in [-0.25, -0.2) is 4.39 Å². The van der Waals surface area contributed by atoms with E-state index in [-0.39, 0.29) is 11.5 Å². The zero-order valence-electron chi connectivity index (χ0n) is 11.7. The molecule has 1 atom stereocenters. The molecule has 1 fully saturated rings. The second kappa shape index (κ2) is 5.93. The first-order valence-electron chi connectivity index (χ1n) is 6.91. The first-order valence-corrected chi connectivity index (χ1v) is 6.91. The van der Waals surface area contributed by atoms with Crippen LogP contribution in [0.5, 0.6) is 0 Å². The third-order valence-electron chi connectivity index (χ3n) is 3.59. The van der Waals surface area contributed by atoms with Crippen molar-refractivity contribution >= 4 is 11.8 Å². The van der Waals surface area contributed by atoms with Crippen LogP contribution in [0.2, 0.25) is 0 Å². The van der Waals surface area contributed by atoms with E-state index in [1.165, 1.54) is 17.2 Å². The van der Waals surface area contributed by atoms with E-state index in [9.17, 15) is 14.0 Å². The van der Waals surface area contributed by atoms with Gasteiger partial charge in [0.05, 0.1) is 11.8 Å². The van der Waals surface area contributed by atoms with E-state index in [4.69, 9.17) is 0 Å². The Morgan fingerprint density at radius 1 is 1.27 bits per heavy atom. The Morgan fingerprint density at radius 3 is 2.77 bits per heavy atom. The Hall–Kier alpha value is -2.76. The summed E-state index contributed by atoms with van der Waals surface area (Å²) >= 11 is 0. The number of amides is 2. The normalized spacial score (nSPS) is 18.0. The van der Waals surface area contributed by atoms with Gasteiger partial charge in [-0.1, -0.05) is 30.3 Å². The summed E-state index contributed by atoms with van der Waals surface area (Å²) in [5.41, 5.74) is 0.619. The number of piperazine rings is 1. The highest BCUT2D eigenvalue weighted by atomic mass is 19.1. The van der Waals surface area contributed by atoms with Gasteiger partial charge in [0.1, 0.15) is 6.04 Å². The molecule has 2 heterocycles. The SMILES string of the molecule is O=C1NCCN(C(=O)c2ccncc2F)C1c1ccccc1. The summed E-state index contributed by atoms with van der Waals surface area (Å²) in [5.74, 6) is -1.46. The van der Waals surface area contributed by atoms with Crippen LogP contribution in [0.3, 0.4) is 0 Å². The quantitative estimate of drug-likeness (QED) is 0.915. The summed E-state index contributed by atoms with van der Waals surface area (Å²) in [6, 6.07) is 9.55. The van der Waals surface area contributed by atoms with Crippen molar-refractivity contribution in [1.29, 1.82) is 0 Å². The maximum absolute atomic E-state index is 13.8. The number of benzene rings is 1. The summed E-state index contributed by atoms with van der Waals surface area (Å²) in [5, 5.41) is 2.74. The van der Waals surface area contributed by atoms with Crippen molar-refractivity contribution in [2.45, 2.75) is 6.04 Å². The number of nitrogens with one attached hydrogen (secondary N) is 1. The van der Waals surface area contributed by atoms with E-state index in [0.717, 1.165) is 6.20 Å². The van der Waals surface area contributed by atoms with Crippen LogP contribution in [0.1, 0.15) is 22.0 Å². The minimum Gasteiger partial charge on any atom is -0.352 e. The van der Waals surface area contributed by atoms with Crippen LogP contribution in [0.15, 0.2) is 48.8 Å². The molecule has 0 spiro atoms. The molecule has 1 aliphatic rings. The molecule has 2 aromatic rings. The third-order valence-corrected chi connectivity index (χ3v) is 3.59. The molecule has 0 radical (unpaired) electrons. The van der Waals surface area contributed by atoms with Gasteiger partial charge in [-0.05, 0) is 11.6 Å². The smallest absolute Gasteiger partial charge is 0.257 e. The van der Waals surface area contributed by atoms with Gasteiger partial charge in [0.25, 0.3) is 5.91 Å². The Labute approximate surface area is 126 Å². The minimum absolute atomic E-state index is 0.0781. The number of aromatic nitrogens is 1. The molecule has 0 bridgehead atoms. The average Bonchev–Trinajstić information content (AvgIpc) is 2.55. The van der Waals surface area contributed by atoms with Gasteiger partial charge in [-0.3, -0.25) is 14.6 Å². The molecular weight excluding hydrogens is 285 g/mol. The molecule has 5 nitrogen and oxygen atoms in total. The van der Waals surface area contributed by atoms with E-state index < -0.39 is 17.8 Å². The van der Waals surface area contributed by atoms with Crippen LogP contribution in [-0.2, 0) is 4.79 Å². The van der Waals surface area contributed by atoms with Crippen LogP contribution in [0, 0.1) is 5.82 Å². The fourth-order valence-electron chi connectivity index (χ4n) is 2.56. The first kappa shape index (κ1) is 14.2. The molecule has 112 valence electrons. The summed E-state index contributed by atoms with van der Waals surface area (Å²) in [6.07, 6.45) is 2.35. The van der Waals surface area contributed by atoms with Crippen molar-refractivity contribution in [3.63, 3.8) is 0 Å². The molecule has 1 unspecified atom stereocenters. The van der Waals surface area contributed by atoms with Crippen LogP contribution in [0.4, 0.5) is 4.39 Å². The number of nitrogens with zero attached hydrogens (tertiary/aromatic N) is 2. The lowest BCUT2D eigenvalue weighted by Gasteiger charge is -2.35. The average molecular weight is 299 g/mol. The molecule has 3 rings (SSSR count). The van der Waals surface area contributed by atoms with E-state index in [1.807, 2.05) is 6.07 Å². The van der Waals surface area contributed by atoms with Crippen LogP contribution >= 0.6 is 0 Å². The van der Waals surface area contributed by atoms with Gasteiger partial charge in [0.2, 0.25) is 5.91 Å². The number of rotatable bonds is 2. The van der Waals surface area contributed by atoms with Crippen molar-refractivity contribution in [1.82, 2.24) is 15.2 Å². The van der Waals surface area contributed by atoms with Gasteiger partial charge in [-0.15, -0.1) is 0 Å². The highest BCUT2D eigenvalue weighted by molar-refractivity contribution is 5.98. The number of hydrogen-bond acceptors (Lipinski definition) is 3. The van der Waals surface area contributed by atoms with Gasteiger partial charge in [0, 0.05) is 19.3 Å². The summed E-state index contributed by atoms with van der Waals surface area (Å²) < 4.78 is 13.8. The second-order valence-electron chi connectivity index (χ2n) is 4.96. The van der Waals surface area contributed by atoms with E-state index in [0.29, 0.717) is 18.7 Å². The Kier molecular flexibility index (Phi) is 3.82. The van der Waals surface area contributed by atoms with Crippen molar-refractivity contribution in [3.8, 4) is 0 Å². The number of halogens is 1. The molecule has 6 heteroatoms. The fraction of sp³-hybridized carbons (Fsp3) is 0.188. The summed E-state index contributed by atoms with van der Waals surface area (Å²) in [4.78, 5) is 29.9. The topological polar surface area (TPSA) is 62.3 Å². The molecule has 1 aliphatic heterocycles. The monoisotopic (exact) mass is 299 g/mol. The number of pyridine rings is 1. The molecule has 0 aliphatic carbocycles. The van der Waals surface area contributed by atoms with Crippen LogP contribution in [-0.4, -0.2) is 34.8 Å². The maximum Gasteiger partial charge on any atom is 0.257 e. The van der Waals surface area contributed by atoms with Crippen LogP contribution in [0.25, 0.3) is 0 Å². The van der Waals surface area contributed by atoms with Crippen molar-refractivity contribution < 1.29 is 14.0 Å². The second-order valence-corrected chi connectivity index (χ2v) is 4.96. The van der Waals surface area contributed by atoms with Crippen molar-refractivity contribution in [2.24, 2.45) is 0 Å². The zero-order chi connectivity index (χ0) is 15.5. The molecule has 1 aromatic heterocycles. The lowest BCUT2D eigenvalue weighted by Crippen LogP contribution is -2.52. The Balaban J connectivity index is 1.98. The lowest BCUT2D eigenvalue weighted by molar-refractivity contribution is -0.128. The summed E-state index contributed by atoms with van der Waals surface area (Å²) in [7, 11) is 0. The molecule has 1 N–H and O–H groups in total. The highest BCUT2D eigenvalue weighted by Crippen LogP contribution is 2.25. The molecular formula is C16H14FN3O2. The van der Waals surface area contributed by atoms with Gasteiger partial charge >= 0.3 is 0 Å². The van der Waals surface area contributed by atoms with E-state index in [2.05, 4.69) is 10.3 Å². The number of carbonyl (C=O) groups is 2. The summed E-state index contributed by atoms with van der Waals surface area (Å²) in [6.45, 7) is 0.673. The van der Waals surface area contributed by atoms with Crippen molar-refractivity contribution in [2.75, 3.05) is 13.1 Å². The van der Waals surface area contributed by atoms with Gasteiger partial charge in [0.15, 0.2) is 5.82 Å². The zero-order valence-corrected chi connectivity index (χ0v) is 11.7. The fourth-order valence-corrected chi connectivity index (χ4v) is 2.56. The molecule has 22 heavy (non-hydrogen) atoms. The van der Waals surface area contributed by atoms with Crippen LogP contribution < -0.4 is 5.32 Å². The third kappa shape index (κ3) is 2.55. The van der Waals surface area contributed by atoms with E-state index in [1.54, 1.807) is 24.3 Å². The first-order chi connectivity index (χ1) is 10.7. The number of hydrogen-bond donors (Lipinski definition) is 1. The van der Waals surface area contributed by atoms with Gasteiger partial charge in [-0.2, -0.15) is 0 Å². The molecule has 0 saturated carbocycles. The van der Waals surface area contributed by atoms with E-state index >= 15 is 0 Å². The highest BCUT2D eigenvalue weighted by Gasteiger charge is 2.35. The Bertz CT molecular complexity index is 706. The lowest BCUT2D eigenvalue weighted by atomic mass is 10.0. The standard InChI is InChI=1S/C16H14FN3O2/c17-13-10-18-7-6-12(13)16(22)20-9-8-19-15(21)14(20)11-4-2-1-3-5-11/h1-7,10,14H,8-9H2,(H,19,21). The largest absolute Gasteiger partial charge is 0.352 e. The van der Waals surface area contributed by atoms with Gasteiger partial charge < -0.3 is 10.2 Å². The number of carbonyl (C=O) groups excluding carboxylic acids is 2. The minimum atomic E-state index is -0.755. The maximum atomic E-state index is 13.8. The molecule has 1 aromatic carbocycles. The predicted octanol–water partition coefficient (Wildman–Crippen LogP) is 1.53. The predicted molar refractivity (Wildman–Crippen MR) is 77.4 cm³/mol.